The van der Waals surface area contributed by atoms with E-state index in [1.54, 1.807) is 6.07 Å². The Morgan fingerprint density at radius 3 is 2.71 bits per heavy atom. The summed E-state index contributed by atoms with van der Waals surface area (Å²) in [5.74, 6) is 1.13. The summed E-state index contributed by atoms with van der Waals surface area (Å²) in [6.07, 6.45) is 0. The maximum Gasteiger partial charge on any atom is 0.261 e. The number of nitrogens with one attached hydrogen (secondary N) is 1. The molecule has 1 heterocycles. The van der Waals surface area contributed by atoms with Crippen LogP contribution in [0.5, 0.6) is 0 Å². The van der Waals surface area contributed by atoms with Gasteiger partial charge in [0, 0.05) is 17.0 Å². The third-order valence-electron chi connectivity index (χ3n) is 3.14. The van der Waals surface area contributed by atoms with E-state index in [1.807, 2.05) is 19.9 Å². The van der Waals surface area contributed by atoms with Crippen LogP contribution in [0.2, 0.25) is 0 Å². The SMILES string of the molecule is Cc1nc(Sc2cccc(F)c2CNCC(C)C)oc1C. The second-order valence-electron chi connectivity index (χ2n) is 5.46. The number of rotatable bonds is 6. The van der Waals surface area contributed by atoms with E-state index in [-0.39, 0.29) is 5.82 Å². The fourth-order valence-electron chi connectivity index (χ4n) is 1.87. The molecular formula is C16H21FN2OS. The van der Waals surface area contributed by atoms with Gasteiger partial charge in [0.1, 0.15) is 11.6 Å². The molecule has 0 aliphatic carbocycles. The van der Waals surface area contributed by atoms with Crippen LogP contribution in [0.15, 0.2) is 32.7 Å². The van der Waals surface area contributed by atoms with Crippen molar-refractivity contribution < 1.29 is 8.81 Å². The Labute approximate surface area is 129 Å². The normalized spacial score (nSPS) is 11.3. The summed E-state index contributed by atoms with van der Waals surface area (Å²) in [5, 5.41) is 3.84. The van der Waals surface area contributed by atoms with Crippen molar-refractivity contribution in [1.29, 1.82) is 0 Å². The number of nitrogens with zero attached hydrogens (tertiary/aromatic N) is 1. The second kappa shape index (κ2) is 7.09. The van der Waals surface area contributed by atoms with Crippen LogP contribution in [0.1, 0.15) is 30.9 Å². The molecule has 114 valence electrons. The maximum atomic E-state index is 14.1. The summed E-state index contributed by atoms with van der Waals surface area (Å²) >= 11 is 1.36. The Morgan fingerprint density at radius 1 is 1.33 bits per heavy atom. The largest absolute Gasteiger partial charge is 0.436 e. The van der Waals surface area contributed by atoms with Gasteiger partial charge in [0.15, 0.2) is 0 Å². The average Bonchev–Trinajstić information content (AvgIpc) is 2.71. The third-order valence-corrected chi connectivity index (χ3v) is 4.09. The summed E-state index contributed by atoms with van der Waals surface area (Å²) in [6, 6.07) is 5.10. The first kappa shape index (κ1) is 16.0. The first-order chi connectivity index (χ1) is 9.97. The quantitative estimate of drug-likeness (QED) is 0.862. The van der Waals surface area contributed by atoms with E-state index >= 15 is 0 Å². The van der Waals surface area contributed by atoms with E-state index in [9.17, 15) is 4.39 Å². The molecule has 0 saturated heterocycles. The molecule has 0 spiro atoms. The van der Waals surface area contributed by atoms with Gasteiger partial charge in [-0.2, -0.15) is 0 Å². The minimum absolute atomic E-state index is 0.198. The van der Waals surface area contributed by atoms with Gasteiger partial charge in [-0.3, -0.25) is 0 Å². The molecule has 1 aromatic carbocycles. The van der Waals surface area contributed by atoms with E-state index < -0.39 is 0 Å². The Bertz CT molecular complexity index is 591. The van der Waals surface area contributed by atoms with Crippen molar-refractivity contribution in [2.75, 3.05) is 6.54 Å². The molecule has 0 unspecified atom stereocenters. The molecule has 0 radical (unpaired) electrons. The van der Waals surface area contributed by atoms with Crippen molar-refractivity contribution in [3.63, 3.8) is 0 Å². The molecule has 5 heteroatoms. The van der Waals surface area contributed by atoms with Crippen LogP contribution in [-0.2, 0) is 6.54 Å². The first-order valence-corrected chi connectivity index (χ1v) is 7.89. The van der Waals surface area contributed by atoms with Crippen LogP contribution < -0.4 is 5.32 Å². The summed E-state index contributed by atoms with van der Waals surface area (Å²) in [4.78, 5) is 5.18. The molecule has 1 aromatic heterocycles. The van der Waals surface area contributed by atoms with E-state index in [0.717, 1.165) is 22.9 Å². The summed E-state index contributed by atoms with van der Waals surface area (Å²) in [5.41, 5.74) is 1.53. The lowest BCUT2D eigenvalue weighted by Crippen LogP contribution is -2.20. The van der Waals surface area contributed by atoms with Crippen LogP contribution in [0.4, 0.5) is 4.39 Å². The van der Waals surface area contributed by atoms with Gasteiger partial charge < -0.3 is 9.73 Å². The lowest BCUT2D eigenvalue weighted by Gasteiger charge is -2.11. The zero-order valence-electron chi connectivity index (χ0n) is 12.9. The number of aromatic nitrogens is 1. The summed E-state index contributed by atoms with van der Waals surface area (Å²) in [7, 11) is 0. The molecule has 0 aliphatic rings. The Kier molecular flexibility index (Phi) is 5.42. The predicted octanol–water partition coefficient (Wildman–Crippen LogP) is 4.33. The highest BCUT2D eigenvalue weighted by molar-refractivity contribution is 7.99. The Morgan fingerprint density at radius 2 is 2.10 bits per heavy atom. The number of hydrogen-bond acceptors (Lipinski definition) is 4. The van der Waals surface area contributed by atoms with Crippen molar-refractivity contribution in [2.24, 2.45) is 5.92 Å². The summed E-state index contributed by atoms with van der Waals surface area (Å²) < 4.78 is 19.6. The van der Waals surface area contributed by atoms with Crippen molar-refractivity contribution in [3.05, 3.63) is 41.0 Å². The van der Waals surface area contributed by atoms with E-state index in [4.69, 9.17) is 4.42 Å². The van der Waals surface area contributed by atoms with E-state index in [0.29, 0.717) is 23.2 Å². The molecule has 0 fully saturated rings. The van der Waals surface area contributed by atoms with Crippen LogP contribution in [0.3, 0.4) is 0 Å². The fourth-order valence-corrected chi connectivity index (χ4v) is 2.85. The first-order valence-electron chi connectivity index (χ1n) is 7.07. The van der Waals surface area contributed by atoms with Gasteiger partial charge in [-0.15, -0.1) is 0 Å². The molecule has 2 aromatic rings. The van der Waals surface area contributed by atoms with Crippen LogP contribution in [-0.4, -0.2) is 11.5 Å². The number of benzene rings is 1. The molecule has 21 heavy (non-hydrogen) atoms. The number of hydrogen-bond donors (Lipinski definition) is 1. The smallest absolute Gasteiger partial charge is 0.261 e. The monoisotopic (exact) mass is 308 g/mol. The number of oxazole rings is 1. The molecule has 0 amide bonds. The molecule has 2 rings (SSSR count). The van der Waals surface area contributed by atoms with E-state index in [1.165, 1.54) is 17.8 Å². The lowest BCUT2D eigenvalue weighted by molar-refractivity contribution is 0.431. The van der Waals surface area contributed by atoms with Crippen LogP contribution >= 0.6 is 11.8 Å². The zero-order chi connectivity index (χ0) is 15.4. The minimum atomic E-state index is -0.198. The minimum Gasteiger partial charge on any atom is -0.436 e. The van der Waals surface area contributed by atoms with Gasteiger partial charge in [-0.05, 0) is 50.2 Å². The highest BCUT2D eigenvalue weighted by Gasteiger charge is 2.13. The molecular weight excluding hydrogens is 287 g/mol. The zero-order valence-corrected chi connectivity index (χ0v) is 13.7. The molecule has 0 aliphatic heterocycles. The van der Waals surface area contributed by atoms with E-state index in [2.05, 4.69) is 24.1 Å². The topological polar surface area (TPSA) is 38.1 Å². The molecule has 3 nitrogen and oxygen atoms in total. The van der Waals surface area contributed by atoms with Crippen LogP contribution in [0.25, 0.3) is 0 Å². The number of halogens is 1. The van der Waals surface area contributed by atoms with Gasteiger partial charge >= 0.3 is 0 Å². The maximum absolute atomic E-state index is 14.1. The number of aryl methyl sites for hydroxylation is 2. The van der Waals surface area contributed by atoms with Gasteiger partial charge in [0.25, 0.3) is 5.22 Å². The van der Waals surface area contributed by atoms with Crippen molar-refractivity contribution in [2.45, 2.75) is 44.4 Å². The third kappa shape index (κ3) is 4.32. The highest BCUT2D eigenvalue weighted by Crippen LogP contribution is 2.32. The average molecular weight is 308 g/mol. The molecule has 0 bridgehead atoms. The summed E-state index contributed by atoms with van der Waals surface area (Å²) in [6.45, 7) is 9.40. The second-order valence-corrected chi connectivity index (χ2v) is 6.46. The van der Waals surface area contributed by atoms with Gasteiger partial charge in [0.2, 0.25) is 0 Å². The Hall–Kier alpha value is -1.33. The van der Waals surface area contributed by atoms with Gasteiger partial charge in [-0.1, -0.05) is 19.9 Å². The molecule has 0 atom stereocenters. The Balaban J connectivity index is 2.16. The predicted molar refractivity (Wildman–Crippen MR) is 83.0 cm³/mol. The van der Waals surface area contributed by atoms with Crippen molar-refractivity contribution >= 4 is 11.8 Å². The lowest BCUT2D eigenvalue weighted by atomic mass is 10.2. The molecule has 0 saturated carbocycles. The molecule has 1 N–H and O–H groups in total. The van der Waals surface area contributed by atoms with Gasteiger partial charge in [-0.25, -0.2) is 9.37 Å². The van der Waals surface area contributed by atoms with Crippen molar-refractivity contribution in [1.82, 2.24) is 10.3 Å². The fraction of sp³-hybridized carbons (Fsp3) is 0.438. The van der Waals surface area contributed by atoms with Gasteiger partial charge in [0.05, 0.1) is 5.69 Å². The highest BCUT2D eigenvalue weighted by atomic mass is 32.2. The standard InChI is InChI=1S/C16H21FN2OS/c1-10(2)8-18-9-13-14(17)6-5-7-15(13)21-16-19-11(3)12(4)20-16/h5-7,10,18H,8-9H2,1-4H3. The van der Waals surface area contributed by atoms with Crippen LogP contribution in [0, 0.1) is 25.6 Å². The van der Waals surface area contributed by atoms with Crippen molar-refractivity contribution in [3.8, 4) is 0 Å².